The van der Waals surface area contributed by atoms with Crippen LogP contribution >= 0.6 is 0 Å². The lowest BCUT2D eigenvalue weighted by Crippen LogP contribution is -2.52. The van der Waals surface area contributed by atoms with Crippen LogP contribution < -0.4 is 10.9 Å². The summed E-state index contributed by atoms with van der Waals surface area (Å²) in [6.07, 6.45) is 0. The smallest absolute Gasteiger partial charge is 0.252 e. The zero-order valence-corrected chi connectivity index (χ0v) is 11.2. The predicted octanol–water partition coefficient (Wildman–Crippen LogP) is 0.627. The lowest BCUT2D eigenvalue weighted by molar-refractivity contribution is -0.134. The average molecular weight is 274 g/mol. The van der Waals surface area contributed by atoms with E-state index in [9.17, 15) is 9.90 Å². The summed E-state index contributed by atoms with van der Waals surface area (Å²) < 4.78 is 5.15. The molecule has 106 valence electrons. The van der Waals surface area contributed by atoms with Crippen molar-refractivity contribution in [3.63, 3.8) is 0 Å². The standard InChI is InChI=1S/C15H18N2O3/c18-8-15(9-20-10-15)7-16-6-12-5-11-3-1-2-4-13(11)17-14(12)19/h1-5,16,18H,6-10H2,(H,17,19). The zero-order valence-electron chi connectivity index (χ0n) is 11.2. The van der Waals surface area contributed by atoms with Gasteiger partial charge in [0.15, 0.2) is 0 Å². The third kappa shape index (κ3) is 2.47. The molecule has 5 nitrogen and oxygen atoms in total. The Hall–Kier alpha value is -1.69. The Kier molecular flexibility index (Phi) is 3.56. The van der Waals surface area contributed by atoms with Gasteiger partial charge in [0.25, 0.3) is 5.56 Å². The van der Waals surface area contributed by atoms with Crippen molar-refractivity contribution in [1.82, 2.24) is 10.3 Å². The zero-order chi connectivity index (χ0) is 14.0. The first-order chi connectivity index (χ1) is 9.72. The van der Waals surface area contributed by atoms with Crippen molar-refractivity contribution in [3.05, 3.63) is 46.2 Å². The first-order valence-corrected chi connectivity index (χ1v) is 6.73. The monoisotopic (exact) mass is 274 g/mol. The Bertz CT molecular complexity index is 656. The van der Waals surface area contributed by atoms with Crippen molar-refractivity contribution in [2.24, 2.45) is 5.41 Å². The van der Waals surface area contributed by atoms with E-state index in [0.29, 0.717) is 31.9 Å². The van der Waals surface area contributed by atoms with Crippen LogP contribution in [0.3, 0.4) is 0 Å². The SMILES string of the molecule is O=c1[nH]c2ccccc2cc1CNCC1(CO)COC1. The van der Waals surface area contributed by atoms with E-state index >= 15 is 0 Å². The normalized spacial score (nSPS) is 17.1. The number of pyridine rings is 1. The molecule has 0 aliphatic carbocycles. The van der Waals surface area contributed by atoms with E-state index in [-0.39, 0.29) is 17.6 Å². The number of aromatic nitrogens is 1. The second-order valence-electron chi connectivity index (χ2n) is 5.47. The molecule has 1 aliphatic heterocycles. The van der Waals surface area contributed by atoms with Crippen LogP contribution in [0.2, 0.25) is 0 Å². The number of hydrogen-bond acceptors (Lipinski definition) is 4. The highest BCUT2D eigenvalue weighted by atomic mass is 16.5. The number of rotatable bonds is 5. The fourth-order valence-corrected chi connectivity index (χ4v) is 2.43. The van der Waals surface area contributed by atoms with Gasteiger partial charge in [-0.05, 0) is 17.5 Å². The number of ether oxygens (including phenoxy) is 1. The van der Waals surface area contributed by atoms with E-state index in [1.807, 2.05) is 30.3 Å². The maximum Gasteiger partial charge on any atom is 0.252 e. The van der Waals surface area contributed by atoms with Gasteiger partial charge in [-0.25, -0.2) is 0 Å². The van der Waals surface area contributed by atoms with Crippen LogP contribution in [-0.4, -0.2) is 36.5 Å². The molecule has 3 N–H and O–H groups in total. The number of hydrogen-bond donors (Lipinski definition) is 3. The minimum Gasteiger partial charge on any atom is -0.396 e. The van der Waals surface area contributed by atoms with Gasteiger partial charge in [-0.15, -0.1) is 0 Å². The van der Waals surface area contributed by atoms with E-state index in [1.54, 1.807) is 0 Å². The maximum absolute atomic E-state index is 12.0. The molecule has 2 aromatic rings. The number of aromatic amines is 1. The third-order valence-corrected chi connectivity index (χ3v) is 3.80. The number of benzene rings is 1. The van der Waals surface area contributed by atoms with Crippen LogP contribution in [-0.2, 0) is 11.3 Å². The van der Waals surface area contributed by atoms with Gasteiger partial charge in [0, 0.05) is 24.2 Å². The lowest BCUT2D eigenvalue weighted by Gasteiger charge is -2.40. The van der Waals surface area contributed by atoms with Gasteiger partial charge in [-0.3, -0.25) is 4.79 Å². The van der Waals surface area contributed by atoms with E-state index in [2.05, 4.69) is 10.3 Å². The number of aliphatic hydroxyl groups excluding tert-OH is 1. The summed E-state index contributed by atoms with van der Waals surface area (Å²) in [6, 6.07) is 9.62. The first-order valence-electron chi connectivity index (χ1n) is 6.73. The molecule has 0 unspecified atom stereocenters. The second kappa shape index (κ2) is 5.36. The summed E-state index contributed by atoms with van der Waals surface area (Å²) >= 11 is 0. The Balaban J connectivity index is 1.71. The summed E-state index contributed by atoms with van der Waals surface area (Å²) in [6.45, 7) is 2.39. The van der Waals surface area contributed by atoms with Crippen LogP contribution in [0.5, 0.6) is 0 Å². The average Bonchev–Trinajstić information content (AvgIpc) is 2.42. The Labute approximate surface area is 116 Å². The molecular formula is C15H18N2O3. The molecule has 1 saturated heterocycles. The quantitative estimate of drug-likeness (QED) is 0.747. The van der Waals surface area contributed by atoms with E-state index in [4.69, 9.17) is 4.74 Å². The van der Waals surface area contributed by atoms with Crippen molar-refractivity contribution in [1.29, 1.82) is 0 Å². The molecule has 0 radical (unpaired) electrons. The third-order valence-electron chi connectivity index (χ3n) is 3.80. The van der Waals surface area contributed by atoms with Gasteiger partial charge in [0.1, 0.15) is 0 Å². The van der Waals surface area contributed by atoms with Crippen molar-refractivity contribution in [2.75, 3.05) is 26.4 Å². The first kappa shape index (κ1) is 13.3. The molecule has 0 spiro atoms. The molecule has 20 heavy (non-hydrogen) atoms. The highest BCUT2D eigenvalue weighted by molar-refractivity contribution is 5.78. The molecular weight excluding hydrogens is 256 g/mol. The van der Waals surface area contributed by atoms with Gasteiger partial charge in [-0.1, -0.05) is 18.2 Å². The molecule has 0 amide bonds. The van der Waals surface area contributed by atoms with E-state index in [1.165, 1.54) is 0 Å². The van der Waals surface area contributed by atoms with Crippen LogP contribution in [0.25, 0.3) is 10.9 Å². The van der Waals surface area contributed by atoms with E-state index in [0.717, 1.165) is 10.9 Å². The van der Waals surface area contributed by atoms with E-state index < -0.39 is 0 Å². The van der Waals surface area contributed by atoms with Crippen molar-refractivity contribution < 1.29 is 9.84 Å². The van der Waals surface area contributed by atoms with Crippen LogP contribution in [0.1, 0.15) is 5.56 Å². The Morgan fingerprint density at radius 3 is 2.85 bits per heavy atom. The van der Waals surface area contributed by atoms with Crippen LogP contribution in [0.4, 0.5) is 0 Å². The van der Waals surface area contributed by atoms with Crippen LogP contribution in [0.15, 0.2) is 35.1 Å². The van der Waals surface area contributed by atoms with Crippen molar-refractivity contribution in [2.45, 2.75) is 6.54 Å². The van der Waals surface area contributed by atoms with Gasteiger partial charge in [0.2, 0.25) is 0 Å². The largest absolute Gasteiger partial charge is 0.396 e. The minimum absolute atomic E-state index is 0.0703. The molecule has 0 atom stereocenters. The maximum atomic E-state index is 12.0. The predicted molar refractivity (Wildman–Crippen MR) is 76.6 cm³/mol. The Morgan fingerprint density at radius 2 is 2.15 bits per heavy atom. The topological polar surface area (TPSA) is 74.4 Å². The molecule has 2 heterocycles. The number of fused-ring (bicyclic) bond motifs is 1. The molecule has 3 rings (SSSR count). The van der Waals surface area contributed by atoms with Gasteiger partial charge in [-0.2, -0.15) is 0 Å². The summed E-state index contributed by atoms with van der Waals surface area (Å²) in [5, 5.41) is 13.6. The van der Waals surface area contributed by atoms with Gasteiger partial charge < -0.3 is 20.1 Å². The fourth-order valence-electron chi connectivity index (χ4n) is 2.43. The molecule has 1 aromatic carbocycles. The second-order valence-corrected chi connectivity index (χ2v) is 5.47. The number of aliphatic hydroxyl groups is 1. The highest BCUT2D eigenvalue weighted by Crippen LogP contribution is 2.25. The Morgan fingerprint density at radius 1 is 1.35 bits per heavy atom. The number of nitrogens with one attached hydrogen (secondary N) is 2. The number of H-pyrrole nitrogens is 1. The molecule has 0 saturated carbocycles. The van der Waals surface area contributed by atoms with Crippen molar-refractivity contribution in [3.8, 4) is 0 Å². The van der Waals surface area contributed by atoms with Crippen LogP contribution in [0, 0.1) is 5.41 Å². The van der Waals surface area contributed by atoms with Gasteiger partial charge in [0.05, 0.1) is 25.2 Å². The summed E-state index contributed by atoms with van der Waals surface area (Å²) in [5.41, 5.74) is 1.31. The molecule has 1 aliphatic rings. The summed E-state index contributed by atoms with van der Waals surface area (Å²) in [5.74, 6) is 0. The molecule has 1 fully saturated rings. The molecule has 5 heteroatoms. The number of para-hydroxylation sites is 1. The van der Waals surface area contributed by atoms with Crippen molar-refractivity contribution >= 4 is 10.9 Å². The minimum atomic E-state index is -0.177. The molecule has 1 aromatic heterocycles. The summed E-state index contributed by atoms with van der Waals surface area (Å²) in [4.78, 5) is 14.9. The fraction of sp³-hybridized carbons (Fsp3) is 0.400. The molecule has 0 bridgehead atoms. The summed E-state index contributed by atoms with van der Waals surface area (Å²) in [7, 11) is 0. The highest BCUT2D eigenvalue weighted by Gasteiger charge is 2.37. The van der Waals surface area contributed by atoms with Gasteiger partial charge >= 0.3 is 0 Å². The lowest BCUT2D eigenvalue weighted by atomic mass is 9.87.